The molecule has 0 fully saturated rings. The van der Waals surface area contributed by atoms with E-state index >= 15 is 0 Å². The number of carbonyl (C=O) groups excluding carboxylic acids is 1. The smallest absolute Gasteiger partial charge is 0.271 e. The Bertz CT molecular complexity index is 625. The Hall–Kier alpha value is -2.01. The number of carbonyl (C=O) groups is 1. The summed E-state index contributed by atoms with van der Waals surface area (Å²) in [5.41, 5.74) is 1.44. The molecule has 2 rings (SSSR count). The number of aromatic nitrogens is 2. The summed E-state index contributed by atoms with van der Waals surface area (Å²) in [6, 6.07) is 7.23. The van der Waals surface area contributed by atoms with Crippen LogP contribution in [-0.2, 0) is 6.73 Å². The summed E-state index contributed by atoms with van der Waals surface area (Å²) in [5.74, 6) is 0.424. The Balaban J connectivity index is 1.96. The SMILES string of the molecule is CCCNC(=O)c1ccn(COc2cc(C)ccc2Cl)n1. The van der Waals surface area contributed by atoms with Crippen molar-refractivity contribution >= 4 is 17.5 Å². The summed E-state index contributed by atoms with van der Waals surface area (Å²) in [7, 11) is 0. The zero-order valence-electron chi connectivity index (χ0n) is 12.1. The van der Waals surface area contributed by atoms with E-state index in [0.717, 1.165) is 12.0 Å². The van der Waals surface area contributed by atoms with Gasteiger partial charge in [-0.05, 0) is 37.1 Å². The van der Waals surface area contributed by atoms with E-state index in [1.165, 1.54) is 0 Å². The molecule has 1 N–H and O–H groups in total. The van der Waals surface area contributed by atoms with Crippen LogP contribution in [0.15, 0.2) is 30.5 Å². The van der Waals surface area contributed by atoms with E-state index in [9.17, 15) is 4.79 Å². The van der Waals surface area contributed by atoms with Gasteiger partial charge in [-0.3, -0.25) is 4.79 Å². The minimum Gasteiger partial charge on any atom is -0.470 e. The van der Waals surface area contributed by atoms with Crippen molar-refractivity contribution in [2.45, 2.75) is 27.0 Å². The first kappa shape index (κ1) is 15.4. The molecule has 1 heterocycles. The molecular weight excluding hydrogens is 290 g/mol. The van der Waals surface area contributed by atoms with Gasteiger partial charge in [0.25, 0.3) is 5.91 Å². The van der Waals surface area contributed by atoms with Crippen LogP contribution in [0.4, 0.5) is 0 Å². The zero-order valence-corrected chi connectivity index (χ0v) is 12.9. The minimum atomic E-state index is -0.177. The third kappa shape index (κ3) is 4.23. The molecule has 0 aliphatic carbocycles. The normalized spacial score (nSPS) is 10.4. The van der Waals surface area contributed by atoms with E-state index in [4.69, 9.17) is 16.3 Å². The van der Waals surface area contributed by atoms with Gasteiger partial charge in [-0.1, -0.05) is 24.6 Å². The third-order valence-corrected chi connectivity index (χ3v) is 3.16. The average Bonchev–Trinajstić information content (AvgIpc) is 2.94. The van der Waals surface area contributed by atoms with Crippen LogP contribution in [-0.4, -0.2) is 22.2 Å². The lowest BCUT2D eigenvalue weighted by Crippen LogP contribution is -2.24. The Morgan fingerprint density at radius 1 is 1.43 bits per heavy atom. The fraction of sp³-hybridized carbons (Fsp3) is 0.333. The van der Waals surface area contributed by atoms with Crippen molar-refractivity contribution in [3.05, 3.63) is 46.7 Å². The van der Waals surface area contributed by atoms with Crippen LogP contribution in [0.25, 0.3) is 0 Å². The second kappa shape index (κ2) is 7.13. The highest BCUT2D eigenvalue weighted by atomic mass is 35.5. The lowest BCUT2D eigenvalue weighted by Gasteiger charge is -2.08. The predicted octanol–water partition coefficient (Wildman–Crippen LogP) is 3.02. The van der Waals surface area contributed by atoms with Crippen LogP contribution in [0.3, 0.4) is 0 Å². The van der Waals surface area contributed by atoms with Crippen LogP contribution in [0.5, 0.6) is 5.75 Å². The van der Waals surface area contributed by atoms with Gasteiger partial charge in [-0.25, -0.2) is 4.68 Å². The van der Waals surface area contributed by atoms with Gasteiger partial charge in [-0.15, -0.1) is 0 Å². The molecule has 21 heavy (non-hydrogen) atoms. The molecule has 0 saturated heterocycles. The van der Waals surface area contributed by atoms with E-state index in [2.05, 4.69) is 10.4 Å². The van der Waals surface area contributed by atoms with Crippen molar-refractivity contribution in [3.8, 4) is 5.75 Å². The van der Waals surface area contributed by atoms with Crippen molar-refractivity contribution in [3.63, 3.8) is 0 Å². The number of ether oxygens (including phenoxy) is 1. The largest absolute Gasteiger partial charge is 0.470 e. The Morgan fingerprint density at radius 2 is 2.24 bits per heavy atom. The lowest BCUT2D eigenvalue weighted by molar-refractivity contribution is 0.0946. The van der Waals surface area contributed by atoms with E-state index in [-0.39, 0.29) is 12.6 Å². The molecule has 0 unspecified atom stereocenters. The molecule has 0 aliphatic heterocycles. The summed E-state index contributed by atoms with van der Waals surface area (Å²) in [6.45, 7) is 4.80. The lowest BCUT2D eigenvalue weighted by atomic mass is 10.2. The standard InChI is InChI=1S/C15H18ClN3O2/c1-3-7-17-15(20)13-6-8-19(18-13)10-21-14-9-11(2)4-5-12(14)16/h4-6,8-9H,3,7,10H2,1-2H3,(H,17,20). The topological polar surface area (TPSA) is 56.2 Å². The minimum absolute atomic E-state index is 0.177. The van der Waals surface area contributed by atoms with Gasteiger partial charge in [-0.2, -0.15) is 5.10 Å². The Morgan fingerprint density at radius 3 is 3.00 bits per heavy atom. The highest BCUT2D eigenvalue weighted by molar-refractivity contribution is 6.32. The number of nitrogens with one attached hydrogen (secondary N) is 1. The summed E-state index contributed by atoms with van der Waals surface area (Å²) >= 11 is 6.06. The molecule has 1 aromatic heterocycles. The van der Waals surface area contributed by atoms with E-state index in [1.807, 2.05) is 26.0 Å². The van der Waals surface area contributed by atoms with Gasteiger partial charge in [0, 0.05) is 12.7 Å². The average molecular weight is 308 g/mol. The van der Waals surface area contributed by atoms with Gasteiger partial charge in [0.2, 0.25) is 0 Å². The van der Waals surface area contributed by atoms with Crippen LogP contribution in [0.1, 0.15) is 29.4 Å². The molecule has 0 atom stereocenters. The van der Waals surface area contributed by atoms with Crippen LogP contribution < -0.4 is 10.1 Å². The highest BCUT2D eigenvalue weighted by Gasteiger charge is 2.09. The molecule has 2 aromatic rings. The maximum atomic E-state index is 11.7. The van der Waals surface area contributed by atoms with Crippen molar-refractivity contribution in [2.24, 2.45) is 0 Å². The molecule has 1 aromatic carbocycles. The second-order valence-electron chi connectivity index (χ2n) is 4.70. The van der Waals surface area contributed by atoms with E-state index < -0.39 is 0 Å². The number of halogens is 1. The number of aryl methyl sites for hydroxylation is 1. The second-order valence-corrected chi connectivity index (χ2v) is 5.11. The Kier molecular flexibility index (Phi) is 5.22. The summed E-state index contributed by atoms with van der Waals surface area (Å²) in [6.07, 6.45) is 2.59. The van der Waals surface area contributed by atoms with Gasteiger partial charge in [0.1, 0.15) is 11.4 Å². The number of benzene rings is 1. The first-order valence-corrected chi connectivity index (χ1v) is 7.18. The number of hydrogen-bond donors (Lipinski definition) is 1. The van der Waals surface area contributed by atoms with Crippen molar-refractivity contribution in [2.75, 3.05) is 6.54 Å². The number of amides is 1. The monoisotopic (exact) mass is 307 g/mol. The highest BCUT2D eigenvalue weighted by Crippen LogP contribution is 2.25. The number of nitrogens with zero attached hydrogens (tertiary/aromatic N) is 2. The van der Waals surface area contributed by atoms with E-state index in [0.29, 0.717) is 23.0 Å². The van der Waals surface area contributed by atoms with Crippen molar-refractivity contribution in [1.29, 1.82) is 0 Å². The van der Waals surface area contributed by atoms with Gasteiger partial charge < -0.3 is 10.1 Å². The molecule has 6 heteroatoms. The van der Waals surface area contributed by atoms with Crippen LogP contribution >= 0.6 is 11.6 Å². The summed E-state index contributed by atoms with van der Waals surface area (Å²) in [4.78, 5) is 11.7. The number of hydrogen-bond acceptors (Lipinski definition) is 3. The summed E-state index contributed by atoms with van der Waals surface area (Å²) in [5, 5.41) is 7.49. The van der Waals surface area contributed by atoms with Crippen molar-refractivity contribution in [1.82, 2.24) is 15.1 Å². The Labute approximate surface area is 128 Å². The van der Waals surface area contributed by atoms with Crippen molar-refractivity contribution < 1.29 is 9.53 Å². The number of rotatable bonds is 6. The molecule has 0 spiro atoms. The molecule has 0 aliphatic rings. The first-order chi connectivity index (χ1) is 10.1. The molecule has 1 amide bonds. The summed E-state index contributed by atoms with van der Waals surface area (Å²) < 4.78 is 7.17. The maximum absolute atomic E-state index is 11.7. The first-order valence-electron chi connectivity index (χ1n) is 6.80. The molecular formula is C15H18ClN3O2. The fourth-order valence-corrected chi connectivity index (χ4v) is 1.91. The molecule has 0 radical (unpaired) electrons. The third-order valence-electron chi connectivity index (χ3n) is 2.85. The quantitative estimate of drug-likeness (QED) is 0.892. The van der Waals surface area contributed by atoms with Gasteiger partial charge >= 0.3 is 0 Å². The molecule has 112 valence electrons. The van der Waals surface area contributed by atoms with E-state index in [1.54, 1.807) is 23.0 Å². The molecule has 0 bridgehead atoms. The fourth-order valence-electron chi connectivity index (χ4n) is 1.74. The van der Waals surface area contributed by atoms with Gasteiger partial charge in [0.15, 0.2) is 6.73 Å². The molecule has 5 nitrogen and oxygen atoms in total. The molecule has 0 saturated carbocycles. The van der Waals surface area contributed by atoms with Gasteiger partial charge in [0.05, 0.1) is 5.02 Å². The predicted molar refractivity (Wildman–Crippen MR) is 81.7 cm³/mol. The maximum Gasteiger partial charge on any atom is 0.271 e. The van der Waals surface area contributed by atoms with Crippen LogP contribution in [0, 0.1) is 6.92 Å². The zero-order chi connectivity index (χ0) is 15.2. The van der Waals surface area contributed by atoms with Crippen LogP contribution in [0.2, 0.25) is 5.02 Å².